The first-order chi connectivity index (χ1) is 8.49. The van der Waals surface area contributed by atoms with Crippen molar-refractivity contribution >= 4 is 11.8 Å². The monoisotopic (exact) mass is 269 g/mol. The van der Waals surface area contributed by atoms with E-state index in [-0.39, 0.29) is 12.1 Å². The molecule has 0 bridgehead atoms. The highest BCUT2D eigenvalue weighted by Crippen LogP contribution is 2.26. The summed E-state index contributed by atoms with van der Waals surface area (Å²) in [7, 11) is 0. The Morgan fingerprint density at radius 2 is 2.06 bits per heavy atom. The van der Waals surface area contributed by atoms with Crippen molar-refractivity contribution in [2.24, 2.45) is 0 Å². The summed E-state index contributed by atoms with van der Waals surface area (Å²) in [5, 5.41) is 13.9. The summed E-state index contributed by atoms with van der Waals surface area (Å²) in [6.07, 6.45) is 4.54. The van der Waals surface area contributed by atoms with Gasteiger partial charge >= 0.3 is 0 Å². The quantitative estimate of drug-likeness (QED) is 0.586. The Bertz CT molecular complexity index is 358. The van der Waals surface area contributed by atoms with Gasteiger partial charge in [0.15, 0.2) is 5.16 Å². The van der Waals surface area contributed by atoms with Crippen LogP contribution in [0.25, 0.3) is 0 Å². The molecule has 0 radical (unpaired) electrons. The third-order valence-electron chi connectivity index (χ3n) is 2.75. The standard InChI is InChI=1S/C13H23N3OS/c1-5-16-13(4,9-17)6-11(3)18-12-14-7-10(2)8-15-12/h7-8,11,16-17H,5-6,9H2,1-4H3. The van der Waals surface area contributed by atoms with Crippen LogP contribution in [0.1, 0.15) is 32.8 Å². The largest absolute Gasteiger partial charge is 0.394 e. The van der Waals surface area contributed by atoms with Crippen molar-refractivity contribution in [1.82, 2.24) is 15.3 Å². The third-order valence-corrected chi connectivity index (χ3v) is 3.75. The van der Waals surface area contributed by atoms with Gasteiger partial charge in [0, 0.05) is 23.2 Å². The van der Waals surface area contributed by atoms with Crippen LogP contribution in [-0.2, 0) is 0 Å². The first kappa shape index (κ1) is 15.4. The molecule has 0 fully saturated rings. The van der Waals surface area contributed by atoms with E-state index in [0.717, 1.165) is 23.7 Å². The van der Waals surface area contributed by atoms with Gasteiger partial charge in [-0.2, -0.15) is 0 Å². The lowest BCUT2D eigenvalue weighted by Crippen LogP contribution is -2.47. The molecule has 0 aliphatic carbocycles. The van der Waals surface area contributed by atoms with Gasteiger partial charge in [0.1, 0.15) is 0 Å². The second-order valence-corrected chi connectivity index (χ2v) is 6.33. The molecule has 4 nitrogen and oxygen atoms in total. The van der Waals surface area contributed by atoms with E-state index >= 15 is 0 Å². The Morgan fingerprint density at radius 3 is 2.56 bits per heavy atom. The maximum absolute atomic E-state index is 9.46. The van der Waals surface area contributed by atoms with E-state index in [1.165, 1.54) is 0 Å². The maximum atomic E-state index is 9.46. The summed E-state index contributed by atoms with van der Waals surface area (Å²) < 4.78 is 0. The van der Waals surface area contributed by atoms with E-state index in [9.17, 15) is 5.11 Å². The summed E-state index contributed by atoms with van der Waals surface area (Å²) >= 11 is 1.65. The van der Waals surface area contributed by atoms with E-state index < -0.39 is 0 Å². The first-order valence-electron chi connectivity index (χ1n) is 6.30. The number of likely N-dealkylation sites (N-methyl/N-ethyl adjacent to an activating group) is 1. The molecule has 1 rings (SSSR count). The van der Waals surface area contributed by atoms with Crippen LogP contribution in [-0.4, -0.2) is 39.0 Å². The molecule has 0 saturated heterocycles. The summed E-state index contributed by atoms with van der Waals surface area (Å²) in [4.78, 5) is 8.58. The van der Waals surface area contributed by atoms with Crippen molar-refractivity contribution in [3.05, 3.63) is 18.0 Å². The SMILES string of the molecule is CCNC(C)(CO)CC(C)Sc1ncc(C)cn1. The van der Waals surface area contributed by atoms with Crippen LogP contribution in [0.5, 0.6) is 0 Å². The molecule has 0 spiro atoms. The number of nitrogens with one attached hydrogen (secondary N) is 1. The summed E-state index contributed by atoms with van der Waals surface area (Å²) in [6, 6.07) is 0. The third kappa shape index (κ3) is 4.92. The Kier molecular flexibility index (Phi) is 6.05. The van der Waals surface area contributed by atoms with Crippen LogP contribution in [0.15, 0.2) is 17.6 Å². The average molecular weight is 269 g/mol. The molecule has 2 unspecified atom stereocenters. The molecule has 5 heteroatoms. The molecule has 2 atom stereocenters. The van der Waals surface area contributed by atoms with Crippen LogP contribution in [0, 0.1) is 6.92 Å². The molecule has 1 aromatic heterocycles. The fraction of sp³-hybridized carbons (Fsp3) is 0.692. The highest BCUT2D eigenvalue weighted by molar-refractivity contribution is 7.99. The molecule has 0 aliphatic rings. The lowest BCUT2D eigenvalue weighted by atomic mass is 9.97. The van der Waals surface area contributed by atoms with Crippen molar-refractivity contribution in [3.8, 4) is 0 Å². The van der Waals surface area contributed by atoms with Crippen LogP contribution < -0.4 is 5.32 Å². The number of aliphatic hydroxyl groups is 1. The summed E-state index contributed by atoms with van der Waals surface area (Å²) in [6.45, 7) is 9.21. The van der Waals surface area contributed by atoms with E-state index in [2.05, 4.69) is 29.1 Å². The van der Waals surface area contributed by atoms with Crippen LogP contribution >= 0.6 is 11.8 Å². The zero-order chi connectivity index (χ0) is 13.6. The van der Waals surface area contributed by atoms with Crippen molar-refractivity contribution in [2.45, 2.75) is 50.1 Å². The number of nitrogens with zero attached hydrogens (tertiary/aromatic N) is 2. The Hall–Kier alpha value is -0.650. The van der Waals surface area contributed by atoms with E-state index in [0.29, 0.717) is 5.25 Å². The fourth-order valence-electron chi connectivity index (χ4n) is 1.92. The minimum Gasteiger partial charge on any atom is -0.394 e. The Labute approximate surface area is 114 Å². The van der Waals surface area contributed by atoms with Crippen molar-refractivity contribution in [3.63, 3.8) is 0 Å². The maximum Gasteiger partial charge on any atom is 0.187 e. The highest BCUT2D eigenvalue weighted by Gasteiger charge is 2.25. The highest BCUT2D eigenvalue weighted by atomic mass is 32.2. The molecule has 2 N–H and O–H groups in total. The molecule has 1 heterocycles. The molecular formula is C13H23N3OS. The predicted molar refractivity (Wildman–Crippen MR) is 75.9 cm³/mol. The van der Waals surface area contributed by atoms with E-state index in [1.54, 1.807) is 11.8 Å². The van der Waals surface area contributed by atoms with Gasteiger partial charge < -0.3 is 10.4 Å². The van der Waals surface area contributed by atoms with E-state index in [1.807, 2.05) is 26.2 Å². The van der Waals surface area contributed by atoms with Crippen LogP contribution in [0.3, 0.4) is 0 Å². The van der Waals surface area contributed by atoms with E-state index in [4.69, 9.17) is 0 Å². The number of aromatic nitrogens is 2. The smallest absolute Gasteiger partial charge is 0.187 e. The van der Waals surface area contributed by atoms with Gasteiger partial charge in [0.05, 0.1) is 6.61 Å². The van der Waals surface area contributed by atoms with Crippen molar-refractivity contribution in [2.75, 3.05) is 13.2 Å². The van der Waals surface area contributed by atoms with Crippen molar-refractivity contribution < 1.29 is 5.11 Å². The molecule has 1 aromatic rings. The molecule has 0 amide bonds. The number of rotatable bonds is 7. The molecular weight excluding hydrogens is 246 g/mol. The zero-order valence-corrected chi connectivity index (χ0v) is 12.4. The number of aryl methyl sites for hydroxylation is 1. The molecule has 0 aromatic carbocycles. The molecule has 102 valence electrons. The molecule has 18 heavy (non-hydrogen) atoms. The van der Waals surface area contributed by atoms with Gasteiger partial charge in [-0.05, 0) is 32.4 Å². The first-order valence-corrected chi connectivity index (χ1v) is 7.18. The zero-order valence-electron chi connectivity index (χ0n) is 11.6. The average Bonchev–Trinajstić information content (AvgIpc) is 2.32. The van der Waals surface area contributed by atoms with Gasteiger partial charge in [-0.3, -0.25) is 0 Å². The minimum atomic E-state index is -0.230. The van der Waals surface area contributed by atoms with Gasteiger partial charge in [0.2, 0.25) is 0 Å². The second-order valence-electron chi connectivity index (χ2n) is 4.92. The van der Waals surface area contributed by atoms with Gasteiger partial charge in [0.25, 0.3) is 0 Å². The normalized spacial score (nSPS) is 16.3. The van der Waals surface area contributed by atoms with Crippen LogP contribution in [0.4, 0.5) is 0 Å². The topological polar surface area (TPSA) is 58.0 Å². The van der Waals surface area contributed by atoms with Crippen LogP contribution in [0.2, 0.25) is 0 Å². The Balaban J connectivity index is 2.54. The number of thioether (sulfide) groups is 1. The number of aliphatic hydroxyl groups excluding tert-OH is 1. The van der Waals surface area contributed by atoms with Gasteiger partial charge in [-0.15, -0.1) is 0 Å². The Morgan fingerprint density at radius 1 is 1.44 bits per heavy atom. The lowest BCUT2D eigenvalue weighted by Gasteiger charge is -2.30. The summed E-state index contributed by atoms with van der Waals surface area (Å²) in [5.74, 6) is 0. The minimum absolute atomic E-state index is 0.139. The predicted octanol–water partition coefficient (Wildman–Crippen LogP) is 2.02. The van der Waals surface area contributed by atoms with Crippen molar-refractivity contribution in [1.29, 1.82) is 0 Å². The van der Waals surface area contributed by atoms with Gasteiger partial charge in [-0.25, -0.2) is 9.97 Å². The summed E-state index contributed by atoms with van der Waals surface area (Å²) in [5.41, 5.74) is 0.839. The molecule has 0 saturated carbocycles. The lowest BCUT2D eigenvalue weighted by molar-refractivity contribution is 0.168. The number of hydrogen-bond donors (Lipinski definition) is 2. The molecule has 0 aliphatic heterocycles. The second kappa shape index (κ2) is 7.07. The van der Waals surface area contributed by atoms with Gasteiger partial charge in [-0.1, -0.05) is 25.6 Å². The fourth-order valence-corrected chi connectivity index (χ4v) is 2.96. The number of hydrogen-bond acceptors (Lipinski definition) is 5.